The van der Waals surface area contributed by atoms with Gasteiger partial charge in [-0.15, -0.1) is 0 Å². The van der Waals surface area contributed by atoms with Crippen molar-refractivity contribution in [2.75, 3.05) is 97.7 Å². The van der Waals surface area contributed by atoms with Crippen molar-refractivity contribution >= 4 is 118 Å². The van der Waals surface area contributed by atoms with Crippen LogP contribution in [0.5, 0.6) is 57.5 Å². The van der Waals surface area contributed by atoms with Crippen LogP contribution in [0, 0.1) is 0 Å². The van der Waals surface area contributed by atoms with Gasteiger partial charge in [-0.3, -0.25) is 24.0 Å². The molecular formula is C90H85N5O25. The molecule has 0 aliphatic rings. The van der Waals surface area contributed by atoms with E-state index >= 15 is 0 Å². The quantitative estimate of drug-likeness (QED) is 0.0187. The first kappa shape index (κ1) is 92.5. The van der Waals surface area contributed by atoms with E-state index in [2.05, 4.69) is 26.6 Å². The predicted octanol–water partition coefficient (Wildman–Crippen LogP) is 15.3. The molecule has 10 aromatic carbocycles. The zero-order valence-electron chi connectivity index (χ0n) is 66.4. The number of aromatic carboxylic acids is 5. The second-order valence-corrected chi connectivity index (χ2v) is 23.9. The average molecular weight is 1640 g/mol. The number of nitrogens with one attached hydrogen (secondary N) is 5. The van der Waals surface area contributed by atoms with E-state index in [4.69, 9.17) is 72.9 Å². The number of benzene rings is 10. The molecule has 0 atom stereocenters. The number of methoxy groups -OCH3 is 10. The largest absolute Gasteiger partial charge is 0.493 e. The molecule has 0 aliphatic heterocycles. The van der Waals surface area contributed by atoms with Gasteiger partial charge in [-0.05, 0) is 180 Å². The van der Waals surface area contributed by atoms with Crippen molar-refractivity contribution in [3.8, 4) is 57.5 Å². The highest BCUT2D eigenvalue weighted by Crippen LogP contribution is 2.33. The topological polar surface area (TPSA) is 424 Å². The molecule has 10 N–H and O–H groups in total. The Morgan fingerprint density at radius 1 is 0.208 bits per heavy atom. The lowest BCUT2D eigenvalue weighted by molar-refractivity contribution is -0.112. The lowest BCUT2D eigenvalue weighted by Gasteiger charge is -2.08. The van der Waals surface area contributed by atoms with Gasteiger partial charge in [-0.1, -0.05) is 91.0 Å². The molecule has 0 saturated heterocycles. The molecule has 0 unspecified atom stereocenters. The Balaban J connectivity index is 0.000000233. The molecule has 0 spiro atoms. The minimum atomic E-state index is -1.10. The highest BCUT2D eigenvalue weighted by molar-refractivity contribution is 6.10. The summed E-state index contributed by atoms with van der Waals surface area (Å²) in [4.78, 5) is 116. The van der Waals surface area contributed by atoms with Gasteiger partial charge >= 0.3 is 29.8 Å². The molecule has 5 amide bonds. The summed E-state index contributed by atoms with van der Waals surface area (Å²) in [6.45, 7) is 0. The Labute approximate surface area is 689 Å². The van der Waals surface area contributed by atoms with E-state index in [0.717, 1.165) is 27.8 Å². The van der Waals surface area contributed by atoms with Gasteiger partial charge in [0.2, 0.25) is 29.5 Å². The monoisotopic (exact) mass is 1640 g/mol. The Bertz CT molecular complexity index is 4690. The first-order chi connectivity index (χ1) is 57.7. The van der Waals surface area contributed by atoms with E-state index in [0.29, 0.717) is 57.5 Å². The Hall–Kier alpha value is -16.4. The van der Waals surface area contributed by atoms with E-state index in [1.165, 1.54) is 127 Å². The van der Waals surface area contributed by atoms with Crippen molar-refractivity contribution in [3.05, 3.63) is 298 Å². The SMILES string of the molecule is COc1ccc(/C=C/C(=O)Nc2ccccc2C(=O)O)cc1OC.COc1ccc(/C=C/C(=O)Nc2ccccc2C(=O)O)cc1OC.COc1ccc(/C=C/C(=O)Nc2ccccc2C(=O)O)cc1OC.COc1ccc(/C=C/C(=O)Nc2ccccc2C(=O)O)cc1OC.COc1ccc(/C=C/C(=O)Nc2ccccc2C(=O)O)cc1OC. The maximum absolute atomic E-state index is 12.0. The third kappa shape index (κ3) is 28.9. The normalized spacial score (nSPS) is 10.4. The summed E-state index contributed by atoms with van der Waals surface area (Å²) in [6.07, 6.45) is 14.6. The summed E-state index contributed by atoms with van der Waals surface area (Å²) in [7, 11) is 15.4. The van der Waals surface area contributed by atoms with Gasteiger partial charge in [0.25, 0.3) is 0 Å². The molecule has 30 nitrogen and oxygen atoms in total. The van der Waals surface area contributed by atoms with Gasteiger partial charge in [-0.2, -0.15) is 0 Å². The molecule has 0 heterocycles. The summed E-state index contributed by atoms with van der Waals surface area (Å²) in [5.41, 5.74) is 5.10. The molecule has 0 aromatic heterocycles. The number of para-hydroxylation sites is 5. The zero-order valence-corrected chi connectivity index (χ0v) is 66.4. The van der Waals surface area contributed by atoms with Crippen molar-refractivity contribution in [2.24, 2.45) is 0 Å². The number of rotatable bonds is 30. The lowest BCUT2D eigenvalue weighted by atomic mass is 10.1. The van der Waals surface area contributed by atoms with E-state index in [1.807, 2.05) is 0 Å². The fourth-order valence-corrected chi connectivity index (χ4v) is 10.4. The predicted molar refractivity (Wildman–Crippen MR) is 453 cm³/mol. The van der Waals surface area contributed by atoms with Gasteiger partial charge in [0.1, 0.15) is 0 Å². The van der Waals surface area contributed by atoms with Crippen LogP contribution in [0.1, 0.15) is 79.6 Å². The molecule has 0 aliphatic carbocycles. The second-order valence-electron chi connectivity index (χ2n) is 23.9. The van der Waals surface area contributed by atoms with E-state index in [9.17, 15) is 47.9 Å². The summed E-state index contributed by atoms with van der Waals surface area (Å²) >= 11 is 0. The van der Waals surface area contributed by atoms with Crippen LogP contribution in [0.25, 0.3) is 30.4 Å². The summed E-state index contributed by atoms with van der Waals surface area (Å²) in [6, 6.07) is 57.2. The Morgan fingerprint density at radius 2 is 0.350 bits per heavy atom. The number of hydrogen-bond donors (Lipinski definition) is 10. The first-order valence-corrected chi connectivity index (χ1v) is 35.4. The average Bonchev–Trinajstić information content (AvgIpc) is 0.876. The van der Waals surface area contributed by atoms with Crippen LogP contribution in [-0.2, 0) is 24.0 Å². The number of carbonyl (C=O) groups excluding carboxylic acids is 5. The molecule has 10 rings (SSSR count). The molecular weight excluding hydrogens is 1550 g/mol. The number of anilines is 5. The molecule has 10 aromatic rings. The van der Waals surface area contributed by atoms with Crippen LogP contribution in [0.3, 0.4) is 0 Å². The number of amides is 5. The van der Waals surface area contributed by atoms with Gasteiger partial charge in [0, 0.05) is 30.4 Å². The molecule has 120 heavy (non-hydrogen) atoms. The van der Waals surface area contributed by atoms with Crippen LogP contribution >= 0.6 is 0 Å². The highest BCUT2D eigenvalue weighted by atomic mass is 16.5. The molecule has 30 heteroatoms. The maximum atomic E-state index is 12.0. The lowest BCUT2D eigenvalue weighted by Crippen LogP contribution is -2.11. The van der Waals surface area contributed by atoms with E-state index in [1.54, 1.807) is 218 Å². The zero-order chi connectivity index (χ0) is 87.6. The highest BCUT2D eigenvalue weighted by Gasteiger charge is 2.17. The van der Waals surface area contributed by atoms with Gasteiger partial charge in [0.05, 0.1) is 127 Å². The maximum Gasteiger partial charge on any atom is 0.337 e. The van der Waals surface area contributed by atoms with Gasteiger partial charge in [0.15, 0.2) is 57.5 Å². The standard InChI is InChI=1S/5C18H17NO5/c5*1-23-15-9-7-12(11-16(15)24-2)8-10-17(20)19-14-6-4-3-5-13(14)18(21)22/h5*3-11H,1-2H3,(H,19,20)(H,21,22)/b5*10-8+. The van der Waals surface area contributed by atoms with Crippen molar-refractivity contribution < 1.29 is 121 Å². The van der Waals surface area contributed by atoms with Crippen LogP contribution in [0.4, 0.5) is 28.4 Å². The number of hydrogen-bond acceptors (Lipinski definition) is 20. The fraction of sp³-hybridized carbons (Fsp3) is 0.111. The smallest absolute Gasteiger partial charge is 0.337 e. The van der Waals surface area contributed by atoms with Crippen molar-refractivity contribution in [1.82, 2.24) is 0 Å². The molecule has 0 fully saturated rings. The van der Waals surface area contributed by atoms with Crippen molar-refractivity contribution in [1.29, 1.82) is 0 Å². The summed E-state index contributed by atoms with van der Waals surface area (Å²) < 4.78 is 51.7. The Kier molecular flexibility index (Phi) is 37.0. The first-order valence-electron chi connectivity index (χ1n) is 35.4. The fourth-order valence-electron chi connectivity index (χ4n) is 10.4. The van der Waals surface area contributed by atoms with Crippen molar-refractivity contribution in [2.45, 2.75) is 0 Å². The molecule has 0 saturated carbocycles. The van der Waals surface area contributed by atoms with E-state index < -0.39 is 59.4 Å². The summed E-state index contributed by atoms with van der Waals surface area (Å²) in [5.74, 6) is -1.95. The third-order valence-corrected chi connectivity index (χ3v) is 16.3. The van der Waals surface area contributed by atoms with Crippen LogP contribution in [-0.4, -0.2) is 156 Å². The van der Waals surface area contributed by atoms with Gasteiger partial charge < -0.3 is 99.5 Å². The minimum absolute atomic E-state index is 0.0327. The molecule has 0 radical (unpaired) electrons. The van der Waals surface area contributed by atoms with Crippen LogP contribution < -0.4 is 74.0 Å². The second kappa shape index (κ2) is 48.0. The number of carbonyl (C=O) groups is 10. The number of ether oxygens (including phenoxy) is 10. The molecule has 0 bridgehead atoms. The van der Waals surface area contributed by atoms with Crippen molar-refractivity contribution in [3.63, 3.8) is 0 Å². The summed E-state index contributed by atoms with van der Waals surface area (Å²) in [5, 5.41) is 58.2. The van der Waals surface area contributed by atoms with Crippen LogP contribution in [0.15, 0.2) is 243 Å². The Morgan fingerprint density at radius 3 is 0.483 bits per heavy atom. The van der Waals surface area contributed by atoms with E-state index in [-0.39, 0.29) is 56.3 Å². The molecule has 620 valence electrons. The number of carboxylic acid groups (broad SMARTS) is 5. The third-order valence-electron chi connectivity index (χ3n) is 16.3. The van der Waals surface area contributed by atoms with Crippen LogP contribution in [0.2, 0.25) is 0 Å². The number of carboxylic acids is 5. The van der Waals surface area contributed by atoms with Gasteiger partial charge in [-0.25, -0.2) is 24.0 Å². The minimum Gasteiger partial charge on any atom is -0.493 e.